The minimum Gasteiger partial charge on any atom is -0.347 e. The number of nitrogens with one attached hydrogen (secondary N) is 1. The molecule has 0 aliphatic rings. The van der Waals surface area contributed by atoms with Crippen LogP contribution in [0.5, 0.6) is 0 Å². The Labute approximate surface area is 93.6 Å². The van der Waals surface area contributed by atoms with Crippen LogP contribution < -0.4 is 11.1 Å². The summed E-state index contributed by atoms with van der Waals surface area (Å²) < 4.78 is 35.3. The molecule has 0 saturated heterocycles. The molecule has 3 N–H and O–H groups in total. The van der Waals surface area contributed by atoms with E-state index in [4.69, 9.17) is 5.73 Å². The van der Waals surface area contributed by atoms with Crippen LogP contribution in [0.4, 0.5) is 13.2 Å². The molecule has 0 bridgehead atoms. The van der Waals surface area contributed by atoms with Crippen molar-refractivity contribution in [3.8, 4) is 0 Å². The summed E-state index contributed by atoms with van der Waals surface area (Å²) in [5.74, 6) is -0.567. The van der Waals surface area contributed by atoms with E-state index >= 15 is 0 Å². The zero-order chi connectivity index (χ0) is 12.8. The quantitative estimate of drug-likeness (QED) is 0.744. The Morgan fingerprint density at radius 3 is 2.25 bits per heavy atom. The molecule has 0 aromatic rings. The normalized spacial score (nSPS) is 12.6. The zero-order valence-corrected chi connectivity index (χ0v) is 9.66. The third kappa shape index (κ3) is 8.52. The van der Waals surface area contributed by atoms with Gasteiger partial charge in [0.15, 0.2) is 0 Å². The molecular formula is C10H19F3N2O. The first-order valence-electron chi connectivity index (χ1n) is 5.20. The molecule has 96 valence electrons. The first-order valence-corrected chi connectivity index (χ1v) is 5.20. The molecule has 0 heterocycles. The first-order chi connectivity index (χ1) is 7.16. The molecule has 0 unspecified atom stereocenters. The maximum absolute atomic E-state index is 11.8. The van der Waals surface area contributed by atoms with Crippen LogP contribution in [-0.4, -0.2) is 25.2 Å². The van der Waals surface area contributed by atoms with Gasteiger partial charge in [-0.15, -0.1) is 0 Å². The molecule has 0 rings (SSSR count). The van der Waals surface area contributed by atoms with Crippen LogP contribution in [0.2, 0.25) is 0 Å². The third-order valence-electron chi connectivity index (χ3n) is 2.34. The minimum atomic E-state index is -4.34. The summed E-state index contributed by atoms with van der Waals surface area (Å²) in [5, 5.41) is 1.84. The highest BCUT2D eigenvalue weighted by Crippen LogP contribution is 2.25. The molecule has 1 amide bonds. The van der Waals surface area contributed by atoms with Crippen molar-refractivity contribution < 1.29 is 18.0 Å². The molecule has 3 nitrogen and oxygen atoms in total. The number of carbonyl (C=O) groups excluding carboxylic acids is 1. The van der Waals surface area contributed by atoms with Gasteiger partial charge in [0.2, 0.25) is 5.91 Å². The fourth-order valence-electron chi connectivity index (χ4n) is 1.25. The average molecular weight is 240 g/mol. The van der Waals surface area contributed by atoms with Gasteiger partial charge in [-0.3, -0.25) is 4.79 Å². The molecule has 0 radical (unpaired) electrons. The van der Waals surface area contributed by atoms with Crippen molar-refractivity contribution in [3.63, 3.8) is 0 Å². The number of halogens is 3. The van der Waals surface area contributed by atoms with E-state index in [0.717, 1.165) is 6.42 Å². The smallest absolute Gasteiger partial charge is 0.347 e. The molecule has 0 aromatic carbocycles. The van der Waals surface area contributed by atoms with E-state index < -0.39 is 18.6 Å². The van der Waals surface area contributed by atoms with E-state index in [0.29, 0.717) is 13.0 Å². The SMILES string of the molecule is CC(C)(CCN)CCC(=O)NCC(F)(F)F. The summed E-state index contributed by atoms with van der Waals surface area (Å²) >= 11 is 0. The van der Waals surface area contributed by atoms with Crippen LogP contribution in [0.1, 0.15) is 33.1 Å². The second-order valence-corrected chi connectivity index (χ2v) is 4.59. The largest absolute Gasteiger partial charge is 0.405 e. The van der Waals surface area contributed by atoms with Crippen LogP contribution in [-0.2, 0) is 4.79 Å². The number of alkyl halides is 3. The van der Waals surface area contributed by atoms with E-state index in [1.807, 2.05) is 19.2 Å². The standard InChI is InChI=1S/C10H19F3N2O/c1-9(2,5-6-14)4-3-8(16)15-7-10(11,12)13/h3-7,14H2,1-2H3,(H,15,16). The number of nitrogens with two attached hydrogens (primary N) is 1. The van der Waals surface area contributed by atoms with Crippen LogP contribution in [0, 0.1) is 5.41 Å². The van der Waals surface area contributed by atoms with E-state index in [2.05, 4.69) is 0 Å². The van der Waals surface area contributed by atoms with Gasteiger partial charge >= 0.3 is 6.18 Å². The molecule has 0 saturated carbocycles. The Balaban J connectivity index is 3.81. The van der Waals surface area contributed by atoms with Gasteiger partial charge in [0.25, 0.3) is 0 Å². The van der Waals surface area contributed by atoms with Crippen molar-refractivity contribution in [3.05, 3.63) is 0 Å². The van der Waals surface area contributed by atoms with E-state index in [1.165, 1.54) is 0 Å². The summed E-state index contributed by atoms with van der Waals surface area (Å²) in [4.78, 5) is 11.1. The third-order valence-corrected chi connectivity index (χ3v) is 2.34. The molecule has 0 spiro atoms. The predicted molar refractivity (Wildman–Crippen MR) is 55.8 cm³/mol. The highest BCUT2D eigenvalue weighted by Gasteiger charge is 2.28. The number of hydrogen-bond acceptors (Lipinski definition) is 2. The van der Waals surface area contributed by atoms with Crippen molar-refractivity contribution >= 4 is 5.91 Å². The Hall–Kier alpha value is -0.780. The van der Waals surface area contributed by atoms with E-state index in [-0.39, 0.29) is 11.8 Å². The van der Waals surface area contributed by atoms with E-state index in [9.17, 15) is 18.0 Å². The number of hydrogen-bond donors (Lipinski definition) is 2. The molecule has 0 aliphatic carbocycles. The lowest BCUT2D eigenvalue weighted by Gasteiger charge is -2.23. The van der Waals surface area contributed by atoms with Gasteiger partial charge in [0, 0.05) is 6.42 Å². The van der Waals surface area contributed by atoms with Crippen LogP contribution in [0.15, 0.2) is 0 Å². The lowest BCUT2D eigenvalue weighted by atomic mass is 9.84. The highest BCUT2D eigenvalue weighted by molar-refractivity contribution is 5.75. The topological polar surface area (TPSA) is 55.1 Å². The maximum Gasteiger partial charge on any atom is 0.405 e. The monoisotopic (exact) mass is 240 g/mol. The van der Waals surface area contributed by atoms with Gasteiger partial charge in [-0.25, -0.2) is 0 Å². The second-order valence-electron chi connectivity index (χ2n) is 4.59. The average Bonchev–Trinajstić information content (AvgIpc) is 2.10. The Morgan fingerprint density at radius 1 is 1.25 bits per heavy atom. The summed E-state index contributed by atoms with van der Waals surface area (Å²) in [7, 11) is 0. The van der Waals surface area contributed by atoms with Crippen LogP contribution in [0.25, 0.3) is 0 Å². The summed E-state index contributed by atoms with van der Waals surface area (Å²) in [6.45, 7) is 3.13. The lowest BCUT2D eigenvalue weighted by Crippen LogP contribution is -2.34. The molecular weight excluding hydrogens is 221 g/mol. The van der Waals surface area contributed by atoms with Crippen LogP contribution >= 0.6 is 0 Å². The van der Waals surface area contributed by atoms with Crippen molar-refractivity contribution in [1.29, 1.82) is 0 Å². The molecule has 0 aliphatic heterocycles. The second kappa shape index (κ2) is 6.08. The van der Waals surface area contributed by atoms with Gasteiger partial charge in [0.05, 0.1) is 0 Å². The predicted octanol–water partition coefficient (Wildman–Crippen LogP) is 1.82. The Bertz CT molecular complexity index is 227. The molecule has 0 atom stereocenters. The Morgan fingerprint density at radius 2 is 1.81 bits per heavy atom. The number of rotatable bonds is 6. The fraction of sp³-hybridized carbons (Fsp3) is 0.900. The molecule has 16 heavy (non-hydrogen) atoms. The summed E-state index contributed by atoms with van der Waals surface area (Å²) in [5.41, 5.74) is 5.28. The van der Waals surface area contributed by atoms with Gasteiger partial charge in [-0.2, -0.15) is 13.2 Å². The molecule has 6 heteroatoms. The molecule has 0 fully saturated rings. The zero-order valence-electron chi connectivity index (χ0n) is 9.66. The van der Waals surface area contributed by atoms with Crippen molar-refractivity contribution in [1.82, 2.24) is 5.32 Å². The van der Waals surface area contributed by atoms with Gasteiger partial charge in [0.1, 0.15) is 6.54 Å². The highest BCUT2D eigenvalue weighted by atomic mass is 19.4. The summed E-state index contributed by atoms with van der Waals surface area (Å²) in [6.07, 6.45) is -2.96. The summed E-state index contributed by atoms with van der Waals surface area (Å²) in [6, 6.07) is 0. The van der Waals surface area contributed by atoms with Crippen molar-refractivity contribution in [2.24, 2.45) is 11.1 Å². The minimum absolute atomic E-state index is 0.100. The van der Waals surface area contributed by atoms with E-state index in [1.54, 1.807) is 0 Å². The maximum atomic E-state index is 11.8. The van der Waals surface area contributed by atoms with Gasteiger partial charge in [-0.1, -0.05) is 13.8 Å². The fourth-order valence-corrected chi connectivity index (χ4v) is 1.25. The van der Waals surface area contributed by atoms with Crippen LogP contribution in [0.3, 0.4) is 0 Å². The number of carbonyl (C=O) groups is 1. The Kier molecular flexibility index (Phi) is 5.78. The number of amides is 1. The molecule has 0 aromatic heterocycles. The van der Waals surface area contributed by atoms with Crippen molar-refractivity contribution in [2.45, 2.75) is 39.3 Å². The van der Waals surface area contributed by atoms with Gasteiger partial charge in [-0.05, 0) is 24.8 Å². The lowest BCUT2D eigenvalue weighted by molar-refractivity contribution is -0.138. The van der Waals surface area contributed by atoms with Gasteiger partial charge < -0.3 is 11.1 Å². The first kappa shape index (κ1) is 15.2. The van der Waals surface area contributed by atoms with Crippen molar-refractivity contribution in [2.75, 3.05) is 13.1 Å².